The summed E-state index contributed by atoms with van der Waals surface area (Å²) in [5.74, 6) is -0.231. The second kappa shape index (κ2) is 8.93. The third-order valence-electron chi connectivity index (χ3n) is 4.83. The number of aliphatic hydroxyl groups excluding tert-OH is 1. The van der Waals surface area contributed by atoms with Gasteiger partial charge in [0.2, 0.25) is 5.91 Å². The number of carbonyl (C=O) groups excluding carboxylic acids is 1. The van der Waals surface area contributed by atoms with Gasteiger partial charge in [-0.15, -0.1) is 0 Å². The van der Waals surface area contributed by atoms with Crippen molar-refractivity contribution >= 4 is 39.3 Å². The van der Waals surface area contributed by atoms with E-state index in [2.05, 4.69) is 26.6 Å². The van der Waals surface area contributed by atoms with Gasteiger partial charge in [-0.2, -0.15) is 0 Å². The van der Waals surface area contributed by atoms with Crippen LogP contribution in [0, 0.1) is 5.41 Å². The fourth-order valence-electron chi connectivity index (χ4n) is 3.60. The summed E-state index contributed by atoms with van der Waals surface area (Å²) in [5, 5.41) is 24.6. The van der Waals surface area contributed by atoms with E-state index in [1.54, 1.807) is 6.07 Å². The molecule has 1 aromatic carbocycles. The van der Waals surface area contributed by atoms with Crippen molar-refractivity contribution in [2.75, 3.05) is 23.8 Å². The van der Waals surface area contributed by atoms with E-state index in [-0.39, 0.29) is 36.4 Å². The number of nitrogens with zero attached hydrogens (tertiary/aromatic N) is 1. The van der Waals surface area contributed by atoms with Gasteiger partial charge in [0.1, 0.15) is 0 Å². The number of hydrogen-bond donors (Lipinski definition) is 4. The number of halogens is 1. The maximum atomic E-state index is 12.6. The highest BCUT2D eigenvalue weighted by atomic mass is 79.9. The van der Waals surface area contributed by atoms with Gasteiger partial charge in [-0.1, -0.05) is 36.7 Å². The number of hydrogen-bond acceptors (Lipinski definition) is 4. The highest BCUT2D eigenvalue weighted by molar-refractivity contribution is 9.10. The predicted octanol–water partition coefficient (Wildman–Crippen LogP) is 3.74. The molecule has 2 unspecified atom stereocenters. The Hall–Kier alpha value is -1.80. The fourth-order valence-corrected chi connectivity index (χ4v) is 3.96. The summed E-state index contributed by atoms with van der Waals surface area (Å²) in [4.78, 5) is 25.8. The number of anilines is 2. The van der Waals surface area contributed by atoms with E-state index in [1.807, 2.05) is 32.9 Å². The van der Waals surface area contributed by atoms with Crippen molar-refractivity contribution in [1.82, 2.24) is 4.90 Å². The molecule has 0 aromatic heterocycles. The second-order valence-electron chi connectivity index (χ2n) is 7.90. The zero-order valence-corrected chi connectivity index (χ0v) is 17.5. The average molecular weight is 442 g/mol. The molecule has 0 saturated carbocycles. The van der Waals surface area contributed by atoms with Crippen LogP contribution in [-0.4, -0.2) is 52.3 Å². The average Bonchev–Trinajstić information content (AvgIpc) is 2.98. The number of likely N-dealkylation sites (tertiary alicyclic amines) is 1. The molecule has 150 valence electrons. The lowest BCUT2D eigenvalue weighted by Crippen LogP contribution is -2.47. The second-order valence-corrected chi connectivity index (χ2v) is 8.81. The summed E-state index contributed by atoms with van der Waals surface area (Å²) < 4.78 is 0.813. The molecule has 0 aliphatic carbocycles. The molecular formula is C19H28BrN3O4. The lowest BCUT2D eigenvalue weighted by atomic mass is 9.85. The monoisotopic (exact) mass is 441 g/mol. The molecular weight excluding hydrogens is 414 g/mol. The molecule has 1 heterocycles. The van der Waals surface area contributed by atoms with Gasteiger partial charge in [0.25, 0.3) is 0 Å². The van der Waals surface area contributed by atoms with Crippen LogP contribution in [0.5, 0.6) is 0 Å². The normalized spacial score (nSPS) is 19.8. The van der Waals surface area contributed by atoms with Crippen LogP contribution in [0.3, 0.4) is 0 Å². The van der Waals surface area contributed by atoms with Crippen LogP contribution in [0.15, 0.2) is 22.7 Å². The Balaban J connectivity index is 2.09. The van der Waals surface area contributed by atoms with E-state index in [4.69, 9.17) is 5.11 Å². The maximum absolute atomic E-state index is 12.6. The molecule has 1 aliphatic rings. The number of carbonyl (C=O) groups is 2. The van der Waals surface area contributed by atoms with E-state index in [0.717, 1.165) is 10.9 Å². The first-order chi connectivity index (χ1) is 12.6. The maximum Gasteiger partial charge on any atom is 0.407 e. The highest BCUT2D eigenvalue weighted by Gasteiger charge is 2.43. The highest BCUT2D eigenvalue weighted by Crippen LogP contribution is 2.37. The third-order valence-corrected chi connectivity index (χ3v) is 5.32. The Morgan fingerprint density at radius 2 is 1.96 bits per heavy atom. The zero-order chi connectivity index (χ0) is 20.2. The summed E-state index contributed by atoms with van der Waals surface area (Å²) in [5.41, 5.74) is 1.12. The van der Waals surface area contributed by atoms with Crippen LogP contribution < -0.4 is 10.6 Å². The number of amides is 2. The molecule has 2 rings (SSSR count). The van der Waals surface area contributed by atoms with Gasteiger partial charge < -0.3 is 25.7 Å². The fraction of sp³-hybridized carbons (Fsp3) is 0.579. The molecule has 4 N–H and O–H groups in total. The van der Waals surface area contributed by atoms with E-state index < -0.39 is 6.09 Å². The van der Waals surface area contributed by atoms with Crippen LogP contribution >= 0.6 is 15.9 Å². The van der Waals surface area contributed by atoms with Crippen LogP contribution in [0.1, 0.15) is 40.0 Å². The lowest BCUT2D eigenvalue weighted by Gasteiger charge is -2.35. The first-order valence-corrected chi connectivity index (χ1v) is 9.88. The summed E-state index contributed by atoms with van der Waals surface area (Å²) in [6.07, 6.45) is 0.576. The van der Waals surface area contributed by atoms with E-state index in [9.17, 15) is 14.7 Å². The first kappa shape index (κ1) is 21.5. The van der Waals surface area contributed by atoms with Gasteiger partial charge in [-0.05, 0) is 36.5 Å². The van der Waals surface area contributed by atoms with Gasteiger partial charge in [-0.25, -0.2) is 4.79 Å². The van der Waals surface area contributed by atoms with Crippen molar-refractivity contribution < 1.29 is 19.8 Å². The molecule has 2 atom stereocenters. The van der Waals surface area contributed by atoms with Gasteiger partial charge >= 0.3 is 6.09 Å². The Morgan fingerprint density at radius 1 is 1.26 bits per heavy atom. The SMILES string of the molecule is CC(C)(C)C1CCC(CC(=O)Nc2cc(Br)ccc2NCCO)N1C(=O)O. The predicted molar refractivity (Wildman–Crippen MR) is 109 cm³/mol. The minimum absolute atomic E-state index is 0.0205. The zero-order valence-electron chi connectivity index (χ0n) is 16.0. The number of carboxylic acid groups (broad SMARTS) is 1. The van der Waals surface area contributed by atoms with E-state index in [0.29, 0.717) is 24.3 Å². The topological polar surface area (TPSA) is 102 Å². The van der Waals surface area contributed by atoms with E-state index in [1.165, 1.54) is 4.90 Å². The number of nitrogens with one attached hydrogen (secondary N) is 2. The molecule has 27 heavy (non-hydrogen) atoms. The molecule has 0 radical (unpaired) electrons. The summed E-state index contributed by atoms with van der Waals surface area (Å²) in [6.45, 7) is 6.42. The minimum Gasteiger partial charge on any atom is -0.465 e. The van der Waals surface area contributed by atoms with Gasteiger partial charge in [0.05, 0.1) is 18.0 Å². The molecule has 1 aromatic rings. The Labute approximate surface area is 168 Å². The quantitative estimate of drug-likeness (QED) is 0.538. The molecule has 2 amide bonds. The Bertz CT molecular complexity index is 690. The van der Waals surface area contributed by atoms with Gasteiger partial charge in [0.15, 0.2) is 0 Å². The molecule has 7 nitrogen and oxygen atoms in total. The number of benzene rings is 1. The van der Waals surface area contributed by atoms with Crippen molar-refractivity contribution in [3.05, 3.63) is 22.7 Å². The van der Waals surface area contributed by atoms with Crippen molar-refractivity contribution in [3.8, 4) is 0 Å². The molecule has 8 heteroatoms. The van der Waals surface area contributed by atoms with Crippen LogP contribution in [0.4, 0.5) is 16.2 Å². The largest absolute Gasteiger partial charge is 0.465 e. The molecule has 1 aliphatic heterocycles. The van der Waals surface area contributed by atoms with Gasteiger partial charge in [-0.3, -0.25) is 4.79 Å². The van der Waals surface area contributed by atoms with Crippen molar-refractivity contribution in [2.24, 2.45) is 5.41 Å². The van der Waals surface area contributed by atoms with Crippen LogP contribution in [0.2, 0.25) is 0 Å². The van der Waals surface area contributed by atoms with Gasteiger partial charge in [0, 0.05) is 29.5 Å². The third kappa shape index (κ3) is 5.59. The molecule has 0 bridgehead atoms. The lowest BCUT2D eigenvalue weighted by molar-refractivity contribution is -0.117. The van der Waals surface area contributed by atoms with Crippen LogP contribution in [0.25, 0.3) is 0 Å². The first-order valence-electron chi connectivity index (χ1n) is 9.09. The van der Waals surface area contributed by atoms with Crippen molar-refractivity contribution in [1.29, 1.82) is 0 Å². The minimum atomic E-state index is -0.974. The summed E-state index contributed by atoms with van der Waals surface area (Å²) in [7, 11) is 0. The number of aliphatic hydroxyl groups is 1. The summed E-state index contributed by atoms with van der Waals surface area (Å²) in [6, 6.07) is 5.00. The molecule has 1 fully saturated rings. The van der Waals surface area contributed by atoms with Crippen molar-refractivity contribution in [2.45, 2.75) is 52.1 Å². The van der Waals surface area contributed by atoms with Crippen molar-refractivity contribution in [3.63, 3.8) is 0 Å². The summed E-state index contributed by atoms with van der Waals surface area (Å²) >= 11 is 3.39. The molecule has 1 saturated heterocycles. The standard InChI is InChI=1S/C19H28BrN3O4/c1-19(2,3)16-7-5-13(23(16)18(26)27)11-17(25)22-15-10-12(20)4-6-14(15)21-8-9-24/h4,6,10,13,16,21,24H,5,7-9,11H2,1-3H3,(H,22,25)(H,26,27). The smallest absolute Gasteiger partial charge is 0.407 e. The number of rotatable bonds is 6. The van der Waals surface area contributed by atoms with Crippen LogP contribution in [-0.2, 0) is 4.79 Å². The molecule has 0 spiro atoms. The van der Waals surface area contributed by atoms with E-state index >= 15 is 0 Å². The Morgan fingerprint density at radius 3 is 2.56 bits per heavy atom. The Kier molecular flexibility index (Phi) is 7.11.